The van der Waals surface area contributed by atoms with E-state index in [0.29, 0.717) is 5.75 Å². The van der Waals surface area contributed by atoms with E-state index < -0.39 is 11.6 Å². The summed E-state index contributed by atoms with van der Waals surface area (Å²) in [6.45, 7) is 1.88. The van der Waals surface area contributed by atoms with E-state index >= 15 is 0 Å². The van der Waals surface area contributed by atoms with Gasteiger partial charge in [0.1, 0.15) is 17.4 Å². The van der Waals surface area contributed by atoms with Gasteiger partial charge in [-0.25, -0.2) is 8.78 Å². The molecule has 0 aliphatic heterocycles. The Labute approximate surface area is 128 Å². The largest absolute Gasteiger partial charge is 0.484 e. The molecule has 22 heavy (non-hydrogen) atoms. The number of nitrogens with zero attached hydrogens (tertiary/aromatic N) is 1. The molecular formula is C17H17F2NO2. The molecule has 0 spiro atoms. The first-order valence-electron chi connectivity index (χ1n) is 6.83. The van der Waals surface area contributed by atoms with Crippen molar-refractivity contribution in [3.8, 4) is 5.75 Å². The zero-order valence-corrected chi connectivity index (χ0v) is 12.5. The molecule has 0 N–H and O–H groups in total. The quantitative estimate of drug-likeness (QED) is 0.848. The van der Waals surface area contributed by atoms with Crippen molar-refractivity contribution >= 4 is 5.91 Å². The van der Waals surface area contributed by atoms with Crippen LogP contribution in [0.3, 0.4) is 0 Å². The average Bonchev–Trinajstić information content (AvgIpc) is 2.49. The highest BCUT2D eigenvalue weighted by Gasteiger charge is 2.13. The molecule has 0 aromatic heterocycles. The van der Waals surface area contributed by atoms with Crippen molar-refractivity contribution in [2.24, 2.45) is 0 Å². The maximum Gasteiger partial charge on any atom is 0.260 e. The number of rotatable bonds is 5. The number of halogens is 2. The lowest BCUT2D eigenvalue weighted by molar-refractivity contribution is -0.132. The lowest BCUT2D eigenvalue weighted by Gasteiger charge is -2.18. The zero-order chi connectivity index (χ0) is 16.1. The highest BCUT2D eigenvalue weighted by molar-refractivity contribution is 5.77. The van der Waals surface area contributed by atoms with Crippen molar-refractivity contribution in [2.75, 3.05) is 13.7 Å². The second kappa shape index (κ2) is 7.02. The van der Waals surface area contributed by atoms with Crippen LogP contribution in [0.4, 0.5) is 8.78 Å². The first-order chi connectivity index (χ1) is 10.5. The third kappa shape index (κ3) is 4.28. The molecule has 116 valence electrons. The first-order valence-corrected chi connectivity index (χ1v) is 6.83. The summed E-state index contributed by atoms with van der Waals surface area (Å²) < 4.78 is 31.8. The van der Waals surface area contributed by atoms with Crippen LogP contribution in [0.15, 0.2) is 42.5 Å². The Bertz CT molecular complexity index is 656. The van der Waals surface area contributed by atoms with Gasteiger partial charge in [0.05, 0.1) is 0 Å². The van der Waals surface area contributed by atoms with Crippen LogP contribution < -0.4 is 4.74 Å². The standard InChI is InChI=1S/C17H17F2NO2/c1-12-3-7-15(8-4-12)22-11-17(21)20(2)10-13-5-6-14(18)9-16(13)19/h3-9H,10-11H2,1-2H3. The second-order valence-corrected chi connectivity index (χ2v) is 5.09. The van der Waals surface area contributed by atoms with Crippen LogP contribution in [0.1, 0.15) is 11.1 Å². The average molecular weight is 305 g/mol. The summed E-state index contributed by atoms with van der Waals surface area (Å²) in [6.07, 6.45) is 0. The summed E-state index contributed by atoms with van der Waals surface area (Å²) in [7, 11) is 1.55. The molecule has 0 saturated carbocycles. The Morgan fingerprint density at radius 1 is 1.14 bits per heavy atom. The number of ether oxygens (including phenoxy) is 1. The van der Waals surface area contributed by atoms with Gasteiger partial charge in [-0.15, -0.1) is 0 Å². The third-order valence-corrected chi connectivity index (χ3v) is 3.23. The van der Waals surface area contributed by atoms with E-state index in [1.165, 1.54) is 17.0 Å². The molecule has 1 amide bonds. The summed E-state index contributed by atoms with van der Waals surface area (Å²) >= 11 is 0. The Kier molecular flexibility index (Phi) is 5.09. The van der Waals surface area contributed by atoms with Crippen LogP contribution in [-0.2, 0) is 11.3 Å². The molecule has 2 rings (SSSR count). The second-order valence-electron chi connectivity index (χ2n) is 5.09. The molecule has 0 atom stereocenters. The fourth-order valence-electron chi connectivity index (χ4n) is 1.88. The van der Waals surface area contributed by atoms with E-state index in [1.807, 2.05) is 19.1 Å². The van der Waals surface area contributed by atoms with E-state index in [1.54, 1.807) is 19.2 Å². The van der Waals surface area contributed by atoms with Crippen molar-refractivity contribution in [1.29, 1.82) is 0 Å². The van der Waals surface area contributed by atoms with Gasteiger partial charge in [0.15, 0.2) is 6.61 Å². The summed E-state index contributed by atoms with van der Waals surface area (Å²) in [5, 5.41) is 0. The number of carbonyl (C=O) groups excluding carboxylic acids is 1. The van der Waals surface area contributed by atoms with Crippen LogP contribution in [0, 0.1) is 18.6 Å². The maximum absolute atomic E-state index is 13.6. The molecule has 0 aliphatic rings. The number of likely N-dealkylation sites (N-methyl/N-ethyl adjacent to an activating group) is 1. The minimum absolute atomic E-state index is 0.0577. The fourth-order valence-corrected chi connectivity index (χ4v) is 1.88. The van der Waals surface area contributed by atoms with Gasteiger partial charge in [0.25, 0.3) is 5.91 Å². The van der Waals surface area contributed by atoms with Crippen molar-refractivity contribution in [3.63, 3.8) is 0 Å². The van der Waals surface area contributed by atoms with Crippen molar-refractivity contribution < 1.29 is 18.3 Å². The number of hydrogen-bond donors (Lipinski definition) is 0. The molecule has 3 nitrogen and oxygen atoms in total. The number of carbonyl (C=O) groups is 1. The van der Waals surface area contributed by atoms with E-state index in [0.717, 1.165) is 11.6 Å². The monoisotopic (exact) mass is 305 g/mol. The predicted molar refractivity (Wildman–Crippen MR) is 79.5 cm³/mol. The lowest BCUT2D eigenvalue weighted by Crippen LogP contribution is -2.31. The molecule has 0 radical (unpaired) electrons. The van der Waals surface area contributed by atoms with Crippen LogP contribution in [0.5, 0.6) is 5.75 Å². The van der Waals surface area contributed by atoms with Gasteiger partial charge in [-0.2, -0.15) is 0 Å². The SMILES string of the molecule is Cc1ccc(OCC(=O)N(C)Cc2ccc(F)cc2F)cc1. The van der Waals surface area contributed by atoms with E-state index in [-0.39, 0.29) is 24.6 Å². The van der Waals surface area contributed by atoms with Crippen LogP contribution in [-0.4, -0.2) is 24.5 Å². The molecule has 0 unspecified atom stereocenters. The van der Waals surface area contributed by atoms with Crippen molar-refractivity contribution in [1.82, 2.24) is 4.90 Å². The van der Waals surface area contributed by atoms with Gasteiger partial charge in [-0.05, 0) is 25.1 Å². The molecule has 0 bridgehead atoms. The van der Waals surface area contributed by atoms with E-state index in [2.05, 4.69) is 0 Å². The number of amides is 1. The number of aryl methyl sites for hydroxylation is 1. The topological polar surface area (TPSA) is 29.5 Å². The van der Waals surface area contributed by atoms with Gasteiger partial charge in [-0.1, -0.05) is 23.8 Å². The molecule has 2 aromatic carbocycles. The Morgan fingerprint density at radius 2 is 1.82 bits per heavy atom. The molecule has 0 aliphatic carbocycles. The summed E-state index contributed by atoms with van der Waals surface area (Å²) in [4.78, 5) is 13.3. The number of hydrogen-bond acceptors (Lipinski definition) is 2. The minimum Gasteiger partial charge on any atom is -0.484 e. The highest BCUT2D eigenvalue weighted by Crippen LogP contribution is 2.13. The highest BCUT2D eigenvalue weighted by atomic mass is 19.1. The van der Waals surface area contributed by atoms with Crippen LogP contribution in [0.2, 0.25) is 0 Å². The van der Waals surface area contributed by atoms with Gasteiger partial charge < -0.3 is 9.64 Å². The molecule has 0 heterocycles. The van der Waals surface area contributed by atoms with Gasteiger partial charge in [0.2, 0.25) is 0 Å². The summed E-state index contributed by atoms with van der Waals surface area (Å²) in [5.41, 5.74) is 1.36. The van der Waals surface area contributed by atoms with Crippen molar-refractivity contribution in [3.05, 3.63) is 65.2 Å². The maximum atomic E-state index is 13.6. The van der Waals surface area contributed by atoms with Crippen LogP contribution in [0.25, 0.3) is 0 Å². The number of benzene rings is 2. The third-order valence-electron chi connectivity index (χ3n) is 3.23. The normalized spacial score (nSPS) is 10.4. The fraction of sp³-hybridized carbons (Fsp3) is 0.235. The van der Waals surface area contributed by atoms with E-state index in [4.69, 9.17) is 4.74 Å². The minimum atomic E-state index is -0.667. The van der Waals surface area contributed by atoms with Gasteiger partial charge in [-0.3, -0.25) is 4.79 Å². The molecule has 0 fully saturated rings. The van der Waals surface area contributed by atoms with Crippen LogP contribution >= 0.6 is 0 Å². The van der Waals surface area contributed by atoms with Crippen molar-refractivity contribution in [2.45, 2.75) is 13.5 Å². The summed E-state index contributed by atoms with van der Waals surface area (Å²) in [6, 6.07) is 10.6. The van der Waals surface area contributed by atoms with Gasteiger partial charge >= 0.3 is 0 Å². The lowest BCUT2D eigenvalue weighted by atomic mass is 10.2. The van der Waals surface area contributed by atoms with Gasteiger partial charge in [0, 0.05) is 25.2 Å². The molecular weight excluding hydrogens is 288 g/mol. The van der Waals surface area contributed by atoms with E-state index in [9.17, 15) is 13.6 Å². The smallest absolute Gasteiger partial charge is 0.260 e. The molecule has 2 aromatic rings. The zero-order valence-electron chi connectivity index (χ0n) is 12.5. The first kappa shape index (κ1) is 15.9. The molecule has 0 saturated heterocycles. The Balaban J connectivity index is 1.90. The summed E-state index contributed by atoms with van der Waals surface area (Å²) in [5.74, 6) is -0.998. The predicted octanol–water partition coefficient (Wildman–Crippen LogP) is 3.31. The Hall–Kier alpha value is -2.43. The Morgan fingerprint density at radius 3 is 2.45 bits per heavy atom. The molecule has 5 heteroatoms.